The van der Waals surface area contributed by atoms with E-state index in [4.69, 9.17) is 0 Å². The van der Waals surface area contributed by atoms with Gasteiger partial charge < -0.3 is 4.57 Å². The van der Waals surface area contributed by atoms with Crippen molar-refractivity contribution in [3.8, 4) is 5.69 Å². The SMILES string of the molecule is Cc1cc2c(cnn2-c2ccc(F)cc2)cc1C1(CCCc2ccccc2)CCN(S(=O)(=O)c2ccn(C)c2)C1. The number of aryl methyl sites for hydroxylation is 3. The molecule has 40 heavy (non-hydrogen) atoms. The first-order valence-corrected chi connectivity index (χ1v) is 15.1. The molecule has 0 radical (unpaired) electrons. The summed E-state index contributed by atoms with van der Waals surface area (Å²) in [5, 5.41) is 5.59. The summed E-state index contributed by atoms with van der Waals surface area (Å²) in [6.45, 7) is 3.02. The molecule has 5 aromatic rings. The maximum absolute atomic E-state index is 13.6. The number of benzene rings is 3. The van der Waals surface area contributed by atoms with Gasteiger partial charge in [0.2, 0.25) is 10.0 Å². The Labute approximate surface area is 234 Å². The van der Waals surface area contributed by atoms with E-state index >= 15 is 0 Å². The van der Waals surface area contributed by atoms with E-state index in [1.165, 1.54) is 23.3 Å². The average molecular weight is 557 g/mol. The molecule has 6 nitrogen and oxygen atoms in total. The summed E-state index contributed by atoms with van der Waals surface area (Å²) in [4.78, 5) is 0.336. The van der Waals surface area contributed by atoms with Gasteiger partial charge in [-0.3, -0.25) is 0 Å². The molecule has 0 spiro atoms. The molecule has 1 aliphatic heterocycles. The van der Waals surface area contributed by atoms with Crippen LogP contribution in [0.25, 0.3) is 16.6 Å². The Morgan fingerprint density at radius 2 is 1.80 bits per heavy atom. The third-order valence-electron chi connectivity index (χ3n) is 8.28. The van der Waals surface area contributed by atoms with Gasteiger partial charge in [0.1, 0.15) is 5.82 Å². The molecule has 3 aromatic carbocycles. The van der Waals surface area contributed by atoms with Crippen LogP contribution < -0.4 is 0 Å². The van der Waals surface area contributed by atoms with Crippen molar-refractivity contribution in [2.45, 2.75) is 42.9 Å². The third-order valence-corrected chi connectivity index (χ3v) is 10.1. The van der Waals surface area contributed by atoms with Crippen LogP contribution in [0.4, 0.5) is 4.39 Å². The number of hydrogen-bond donors (Lipinski definition) is 0. The lowest BCUT2D eigenvalue weighted by atomic mass is 9.73. The summed E-state index contributed by atoms with van der Waals surface area (Å²) in [5.41, 5.74) is 5.00. The molecule has 1 unspecified atom stereocenters. The first kappa shape index (κ1) is 26.5. The molecule has 1 fully saturated rings. The Kier molecular flexibility index (Phi) is 6.84. The topological polar surface area (TPSA) is 60.1 Å². The Balaban J connectivity index is 1.37. The van der Waals surface area contributed by atoms with Crippen molar-refractivity contribution >= 4 is 20.9 Å². The van der Waals surface area contributed by atoms with Gasteiger partial charge in [0.25, 0.3) is 0 Å². The maximum atomic E-state index is 13.6. The van der Waals surface area contributed by atoms with Crippen LogP contribution in [-0.4, -0.2) is 40.2 Å². The van der Waals surface area contributed by atoms with Crippen LogP contribution in [0, 0.1) is 12.7 Å². The highest BCUT2D eigenvalue weighted by atomic mass is 32.2. The second kappa shape index (κ2) is 10.3. The fourth-order valence-corrected chi connectivity index (χ4v) is 7.77. The van der Waals surface area contributed by atoms with Crippen molar-refractivity contribution in [2.24, 2.45) is 7.05 Å². The first-order chi connectivity index (χ1) is 19.2. The van der Waals surface area contributed by atoms with Crippen molar-refractivity contribution in [3.63, 3.8) is 0 Å². The summed E-state index contributed by atoms with van der Waals surface area (Å²) >= 11 is 0. The standard InChI is InChI=1S/C32H33FN4O2S/c1-24-19-31-26(21-34-37(31)28-12-10-27(33)11-13-28)20-30(24)32(15-6-9-25-7-4-3-5-8-25)16-18-36(23-32)40(38,39)29-14-17-35(2)22-29/h3-5,7-8,10-14,17,19-22H,6,9,15-16,18,23H2,1-2H3. The number of aromatic nitrogens is 3. The Morgan fingerprint density at radius 1 is 1.02 bits per heavy atom. The predicted octanol–water partition coefficient (Wildman–Crippen LogP) is 6.17. The van der Waals surface area contributed by atoms with Crippen molar-refractivity contribution in [2.75, 3.05) is 13.1 Å². The highest BCUT2D eigenvalue weighted by molar-refractivity contribution is 7.89. The van der Waals surface area contributed by atoms with Gasteiger partial charge in [-0.25, -0.2) is 17.5 Å². The molecule has 3 heterocycles. The fourth-order valence-electron chi connectivity index (χ4n) is 6.19. The molecule has 8 heteroatoms. The normalized spacial score (nSPS) is 18.1. The van der Waals surface area contributed by atoms with E-state index in [1.807, 2.05) is 24.0 Å². The molecule has 1 atom stereocenters. The lowest BCUT2D eigenvalue weighted by Crippen LogP contribution is -2.35. The zero-order valence-corrected chi connectivity index (χ0v) is 23.6. The molecule has 0 N–H and O–H groups in total. The fraction of sp³-hybridized carbons (Fsp3) is 0.281. The smallest absolute Gasteiger partial charge is 0.244 e. The lowest BCUT2D eigenvalue weighted by molar-refractivity contribution is 0.384. The van der Waals surface area contributed by atoms with E-state index in [-0.39, 0.29) is 11.2 Å². The van der Waals surface area contributed by atoms with Gasteiger partial charge in [-0.1, -0.05) is 30.3 Å². The summed E-state index contributed by atoms with van der Waals surface area (Å²) < 4.78 is 46.0. The molecular weight excluding hydrogens is 523 g/mol. The van der Waals surface area contributed by atoms with Crippen LogP contribution in [0.2, 0.25) is 0 Å². The van der Waals surface area contributed by atoms with E-state index in [0.717, 1.165) is 47.8 Å². The maximum Gasteiger partial charge on any atom is 0.244 e. The molecule has 0 aliphatic carbocycles. The first-order valence-electron chi connectivity index (χ1n) is 13.7. The van der Waals surface area contributed by atoms with Crippen molar-refractivity contribution in [1.29, 1.82) is 0 Å². The van der Waals surface area contributed by atoms with Gasteiger partial charge in [0.15, 0.2) is 0 Å². The molecule has 1 saturated heterocycles. The minimum atomic E-state index is -3.60. The van der Waals surface area contributed by atoms with Crippen LogP contribution in [-0.2, 0) is 28.9 Å². The number of nitrogens with zero attached hydrogens (tertiary/aromatic N) is 4. The predicted molar refractivity (Wildman–Crippen MR) is 156 cm³/mol. The second-order valence-electron chi connectivity index (χ2n) is 11.0. The van der Waals surface area contributed by atoms with Crippen LogP contribution in [0.3, 0.4) is 0 Å². The Bertz CT molecular complexity index is 1760. The van der Waals surface area contributed by atoms with Crippen LogP contribution >= 0.6 is 0 Å². The number of halogens is 1. The summed E-state index contributed by atoms with van der Waals surface area (Å²) in [6, 6.07) is 22.8. The van der Waals surface area contributed by atoms with Gasteiger partial charge in [0.05, 0.1) is 22.3 Å². The largest absolute Gasteiger partial charge is 0.356 e. The molecule has 0 amide bonds. The number of hydrogen-bond acceptors (Lipinski definition) is 3. The van der Waals surface area contributed by atoms with Gasteiger partial charge >= 0.3 is 0 Å². The third kappa shape index (κ3) is 4.86. The van der Waals surface area contributed by atoms with Gasteiger partial charge in [-0.05, 0) is 91.8 Å². The Hall–Kier alpha value is -3.75. The zero-order valence-electron chi connectivity index (χ0n) is 22.8. The number of fused-ring (bicyclic) bond motifs is 1. The van der Waals surface area contributed by atoms with Gasteiger partial charge in [-0.2, -0.15) is 9.40 Å². The molecule has 0 bridgehead atoms. The van der Waals surface area contributed by atoms with Crippen LogP contribution in [0.5, 0.6) is 0 Å². The monoisotopic (exact) mass is 556 g/mol. The summed E-state index contributed by atoms with van der Waals surface area (Å²) in [5.74, 6) is -0.285. The van der Waals surface area contributed by atoms with Crippen LogP contribution in [0.15, 0.2) is 96.3 Å². The quantitative estimate of drug-likeness (QED) is 0.230. The van der Waals surface area contributed by atoms with Gasteiger partial charge in [-0.15, -0.1) is 0 Å². The zero-order chi connectivity index (χ0) is 27.9. The van der Waals surface area contributed by atoms with E-state index < -0.39 is 10.0 Å². The second-order valence-corrected chi connectivity index (χ2v) is 12.9. The van der Waals surface area contributed by atoms with E-state index in [9.17, 15) is 12.8 Å². The molecule has 2 aromatic heterocycles. The lowest BCUT2D eigenvalue weighted by Gasteiger charge is -2.32. The highest BCUT2D eigenvalue weighted by Crippen LogP contribution is 2.43. The van der Waals surface area contributed by atoms with Crippen molar-refractivity contribution in [3.05, 3.63) is 114 Å². The highest BCUT2D eigenvalue weighted by Gasteiger charge is 2.44. The molecule has 1 aliphatic rings. The van der Waals surface area contributed by atoms with Crippen LogP contribution in [0.1, 0.15) is 36.0 Å². The minimum Gasteiger partial charge on any atom is -0.356 e. The minimum absolute atomic E-state index is 0.285. The molecular formula is C32H33FN4O2S. The summed E-state index contributed by atoms with van der Waals surface area (Å²) in [7, 11) is -1.76. The van der Waals surface area contributed by atoms with Crippen molar-refractivity contribution < 1.29 is 12.8 Å². The van der Waals surface area contributed by atoms with E-state index in [0.29, 0.717) is 18.0 Å². The van der Waals surface area contributed by atoms with E-state index in [2.05, 4.69) is 48.4 Å². The number of sulfonamides is 1. The Morgan fingerprint density at radius 3 is 2.52 bits per heavy atom. The van der Waals surface area contributed by atoms with Gasteiger partial charge in [0, 0.05) is 43.3 Å². The molecule has 206 valence electrons. The molecule has 0 saturated carbocycles. The van der Waals surface area contributed by atoms with Crippen molar-refractivity contribution in [1.82, 2.24) is 18.7 Å². The van der Waals surface area contributed by atoms with E-state index in [1.54, 1.807) is 39.5 Å². The number of rotatable bonds is 8. The molecule has 6 rings (SSSR count). The summed E-state index contributed by atoms with van der Waals surface area (Å²) in [6.07, 6.45) is 8.81. The average Bonchev–Trinajstić information content (AvgIpc) is 3.69.